The van der Waals surface area contributed by atoms with Crippen molar-refractivity contribution in [3.63, 3.8) is 0 Å². The molecule has 6 nitrogen and oxygen atoms in total. The fourth-order valence-electron chi connectivity index (χ4n) is 2.22. The van der Waals surface area contributed by atoms with Crippen LogP contribution in [0.1, 0.15) is 31.1 Å². The molecule has 1 aromatic rings. The normalized spacial score (nSPS) is 19.8. The van der Waals surface area contributed by atoms with Crippen LogP contribution >= 0.6 is 0 Å². The number of aromatic nitrogens is 2. The van der Waals surface area contributed by atoms with Crippen LogP contribution in [0.15, 0.2) is 6.20 Å². The van der Waals surface area contributed by atoms with E-state index in [1.54, 1.807) is 15.8 Å². The van der Waals surface area contributed by atoms with Gasteiger partial charge in [-0.05, 0) is 12.8 Å². The van der Waals surface area contributed by atoms with Crippen molar-refractivity contribution >= 4 is 11.9 Å². The highest BCUT2D eigenvalue weighted by Crippen LogP contribution is 2.28. The third-order valence-electron chi connectivity index (χ3n) is 3.22. The summed E-state index contributed by atoms with van der Waals surface area (Å²) in [7, 11) is 1.86. The van der Waals surface area contributed by atoms with E-state index in [9.17, 15) is 4.79 Å². The summed E-state index contributed by atoms with van der Waals surface area (Å²) in [4.78, 5) is 13.6. The van der Waals surface area contributed by atoms with Crippen molar-refractivity contribution in [3.05, 3.63) is 17.5 Å². The molecule has 1 saturated heterocycles. The predicted molar refractivity (Wildman–Crippen MR) is 68.5 cm³/mol. The minimum Gasteiger partial charge on any atom is -0.310 e. The number of carbonyl (C=O) groups is 1. The number of hydrogen-bond donors (Lipinski definition) is 2. The number of carbonyl (C=O) groups excluding carboxylic acids is 1. The maximum atomic E-state index is 11.9. The Morgan fingerprint density at radius 3 is 2.72 bits per heavy atom. The summed E-state index contributed by atoms with van der Waals surface area (Å²) in [6.45, 7) is 6.70. The summed E-state index contributed by atoms with van der Waals surface area (Å²) in [5, 5.41) is 14.7. The lowest BCUT2D eigenvalue weighted by molar-refractivity contribution is 0.198. The van der Waals surface area contributed by atoms with Crippen molar-refractivity contribution in [1.82, 2.24) is 20.0 Å². The number of amides is 2. The Morgan fingerprint density at radius 1 is 1.56 bits per heavy atom. The molecule has 1 fully saturated rings. The summed E-state index contributed by atoms with van der Waals surface area (Å²) in [5.74, 6) is 0.595. The van der Waals surface area contributed by atoms with Gasteiger partial charge in [0.2, 0.25) is 0 Å². The van der Waals surface area contributed by atoms with Crippen LogP contribution in [0, 0.1) is 18.3 Å². The van der Waals surface area contributed by atoms with Crippen molar-refractivity contribution in [2.24, 2.45) is 13.0 Å². The van der Waals surface area contributed by atoms with Crippen LogP contribution in [-0.2, 0) is 7.05 Å². The molecule has 0 bridgehead atoms. The van der Waals surface area contributed by atoms with Gasteiger partial charge in [-0.2, -0.15) is 5.10 Å². The van der Waals surface area contributed by atoms with Crippen LogP contribution in [0.2, 0.25) is 0 Å². The van der Waals surface area contributed by atoms with E-state index < -0.39 is 0 Å². The number of nitrogens with one attached hydrogen (secondary N) is 2. The third-order valence-corrected chi connectivity index (χ3v) is 3.22. The fraction of sp³-hybridized carbons (Fsp3) is 0.583. The highest BCUT2D eigenvalue weighted by atomic mass is 16.2. The van der Waals surface area contributed by atoms with Gasteiger partial charge in [0, 0.05) is 24.8 Å². The molecular weight excluding hydrogens is 230 g/mol. The molecule has 1 aromatic heterocycles. The van der Waals surface area contributed by atoms with Crippen molar-refractivity contribution in [2.75, 3.05) is 6.54 Å². The molecule has 1 unspecified atom stereocenters. The molecule has 0 aromatic carbocycles. The molecular formula is C12H19N5O. The number of urea groups is 1. The van der Waals surface area contributed by atoms with Crippen LogP contribution in [0.4, 0.5) is 4.79 Å². The van der Waals surface area contributed by atoms with Gasteiger partial charge in [0.05, 0.1) is 6.20 Å². The summed E-state index contributed by atoms with van der Waals surface area (Å²) < 4.78 is 1.76. The van der Waals surface area contributed by atoms with Gasteiger partial charge in [-0.25, -0.2) is 4.79 Å². The summed E-state index contributed by atoms with van der Waals surface area (Å²) in [6, 6.07) is -0.518. The summed E-state index contributed by atoms with van der Waals surface area (Å²) in [6.07, 6.45) is 1.74. The molecule has 1 aliphatic heterocycles. The lowest BCUT2D eigenvalue weighted by Crippen LogP contribution is -2.33. The predicted octanol–water partition coefficient (Wildman–Crippen LogP) is 1.43. The smallest absolute Gasteiger partial charge is 0.310 e. The average molecular weight is 249 g/mol. The first kappa shape index (κ1) is 12.6. The van der Waals surface area contributed by atoms with Gasteiger partial charge in [0.25, 0.3) is 0 Å². The molecule has 18 heavy (non-hydrogen) atoms. The van der Waals surface area contributed by atoms with Crippen LogP contribution in [-0.4, -0.2) is 33.1 Å². The largest absolute Gasteiger partial charge is 0.323 e. The van der Waals surface area contributed by atoms with Crippen LogP contribution in [0.3, 0.4) is 0 Å². The Morgan fingerprint density at radius 2 is 2.22 bits per heavy atom. The quantitative estimate of drug-likeness (QED) is 0.850. The Bertz CT molecular complexity index is 491. The van der Waals surface area contributed by atoms with E-state index in [0.717, 1.165) is 11.3 Å². The van der Waals surface area contributed by atoms with Gasteiger partial charge in [0.1, 0.15) is 11.9 Å². The first-order valence-electron chi connectivity index (χ1n) is 6.06. The van der Waals surface area contributed by atoms with Gasteiger partial charge in [-0.1, -0.05) is 13.8 Å². The Labute approximate surface area is 106 Å². The SMILES string of the molecule is Cc1c(C2C(=N)NC(=O)N2CC(C)C)cnn1C. The van der Waals surface area contributed by atoms with E-state index in [1.165, 1.54) is 0 Å². The maximum Gasteiger partial charge on any atom is 0.323 e. The number of nitrogens with zero attached hydrogens (tertiary/aromatic N) is 3. The Hall–Kier alpha value is -1.85. The van der Waals surface area contributed by atoms with E-state index in [0.29, 0.717) is 12.5 Å². The molecule has 1 aliphatic rings. The zero-order valence-corrected chi connectivity index (χ0v) is 11.2. The number of amidine groups is 1. The monoisotopic (exact) mass is 249 g/mol. The molecule has 98 valence electrons. The van der Waals surface area contributed by atoms with Crippen LogP contribution in [0.5, 0.6) is 0 Å². The van der Waals surface area contributed by atoms with E-state index in [-0.39, 0.29) is 17.9 Å². The van der Waals surface area contributed by atoms with Crippen molar-refractivity contribution in [3.8, 4) is 0 Å². The molecule has 0 radical (unpaired) electrons. The molecule has 0 spiro atoms. The van der Waals surface area contributed by atoms with E-state index in [2.05, 4.69) is 24.3 Å². The van der Waals surface area contributed by atoms with Crippen molar-refractivity contribution < 1.29 is 4.79 Å². The van der Waals surface area contributed by atoms with Crippen LogP contribution < -0.4 is 5.32 Å². The number of rotatable bonds is 3. The standard InChI is InChI=1S/C12H19N5O/c1-7(2)6-17-10(11(13)15-12(17)18)9-5-14-16(4)8(9)3/h5,7,10H,6H2,1-4H3,(H2,13,15,18). The Balaban J connectivity index is 2.37. The summed E-state index contributed by atoms with van der Waals surface area (Å²) in [5.41, 5.74) is 1.90. The molecule has 1 atom stereocenters. The van der Waals surface area contributed by atoms with Gasteiger partial charge < -0.3 is 4.90 Å². The van der Waals surface area contributed by atoms with Gasteiger partial charge >= 0.3 is 6.03 Å². The highest BCUT2D eigenvalue weighted by Gasteiger charge is 2.38. The molecule has 2 rings (SSSR count). The highest BCUT2D eigenvalue weighted by molar-refractivity contribution is 6.06. The second-order valence-electron chi connectivity index (χ2n) is 5.10. The minimum absolute atomic E-state index is 0.193. The molecule has 0 aliphatic carbocycles. The molecule has 2 amide bonds. The first-order chi connectivity index (χ1) is 8.41. The first-order valence-corrected chi connectivity index (χ1v) is 6.06. The van der Waals surface area contributed by atoms with Gasteiger partial charge in [0.15, 0.2) is 0 Å². The van der Waals surface area contributed by atoms with Gasteiger partial charge in [-0.3, -0.25) is 15.4 Å². The second-order valence-corrected chi connectivity index (χ2v) is 5.10. The average Bonchev–Trinajstić information content (AvgIpc) is 2.71. The lowest BCUT2D eigenvalue weighted by Gasteiger charge is -2.24. The minimum atomic E-state index is -0.325. The molecule has 6 heteroatoms. The fourth-order valence-corrected chi connectivity index (χ4v) is 2.22. The van der Waals surface area contributed by atoms with Crippen LogP contribution in [0.25, 0.3) is 0 Å². The summed E-state index contributed by atoms with van der Waals surface area (Å²) >= 11 is 0. The van der Waals surface area contributed by atoms with E-state index in [4.69, 9.17) is 5.41 Å². The topological polar surface area (TPSA) is 74.0 Å². The Kier molecular flexibility index (Phi) is 3.11. The van der Waals surface area contributed by atoms with Crippen molar-refractivity contribution in [2.45, 2.75) is 26.8 Å². The maximum absolute atomic E-state index is 11.9. The number of hydrogen-bond acceptors (Lipinski definition) is 3. The van der Waals surface area contributed by atoms with Gasteiger partial charge in [-0.15, -0.1) is 0 Å². The zero-order chi connectivity index (χ0) is 13.4. The molecule has 2 N–H and O–H groups in total. The third kappa shape index (κ3) is 1.98. The molecule has 2 heterocycles. The van der Waals surface area contributed by atoms with E-state index >= 15 is 0 Å². The second kappa shape index (κ2) is 4.44. The molecule has 0 saturated carbocycles. The number of aryl methyl sites for hydroxylation is 1. The lowest BCUT2D eigenvalue weighted by atomic mass is 10.1. The van der Waals surface area contributed by atoms with Crippen molar-refractivity contribution in [1.29, 1.82) is 5.41 Å². The zero-order valence-electron chi connectivity index (χ0n) is 11.2. The van der Waals surface area contributed by atoms with E-state index in [1.807, 2.05) is 14.0 Å².